The predicted octanol–water partition coefficient (Wildman–Crippen LogP) is 8.52. The number of aryl methyl sites for hydroxylation is 2. The third kappa shape index (κ3) is 3.24. The molecule has 2 aromatic heterocycles. The standard InChI is InChI=1S/C34H25NO2S/c1-22-15-19-27(20-16-22)38(36,37)34-29-12-6-8-14-31(29)35-30-13-7-5-11-28(30)23(2)33(35)32(34)26-18-17-24-9-3-4-10-25(24)21-26/h3-21H,1-2H3. The monoisotopic (exact) mass is 511 g/mol. The van der Waals surface area contributed by atoms with Crippen molar-refractivity contribution in [3.63, 3.8) is 0 Å². The average Bonchev–Trinajstić information content (AvgIpc) is 3.25. The Morgan fingerprint density at radius 1 is 0.605 bits per heavy atom. The first kappa shape index (κ1) is 22.8. The van der Waals surface area contributed by atoms with Crippen molar-refractivity contribution < 1.29 is 8.42 Å². The molecule has 38 heavy (non-hydrogen) atoms. The molecule has 0 saturated carbocycles. The quantitative estimate of drug-likeness (QED) is 0.238. The summed E-state index contributed by atoms with van der Waals surface area (Å²) in [7, 11) is -3.87. The topological polar surface area (TPSA) is 38.5 Å². The maximum atomic E-state index is 14.6. The molecule has 0 fully saturated rings. The van der Waals surface area contributed by atoms with Gasteiger partial charge >= 0.3 is 0 Å². The van der Waals surface area contributed by atoms with Crippen molar-refractivity contribution in [2.75, 3.05) is 0 Å². The summed E-state index contributed by atoms with van der Waals surface area (Å²) in [5.41, 5.74) is 6.58. The highest BCUT2D eigenvalue weighted by Gasteiger charge is 2.29. The molecule has 0 bridgehead atoms. The van der Waals surface area contributed by atoms with E-state index in [-0.39, 0.29) is 0 Å². The zero-order valence-corrected chi connectivity index (χ0v) is 22.0. The number of sulfone groups is 1. The molecule has 7 rings (SSSR count). The van der Waals surface area contributed by atoms with E-state index in [1.54, 1.807) is 12.1 Å². The van der Waals surface area contributed by atoms with Gasteiger partial charge in [0.15, 0.2) is 0 Å². The summed E-state index contributed by atoms with van der Waals surface area (Å²) >= 11 is 0. The molecular weight excluding hydrogens is 486 g/mol. The third-order valence-corrected chi connectivity index (χ3v) is 9.47. The van der Waals surface area contributed by atoms with Crippen LogP contribution in [0.25, 0.3) is 49.2 Å². The van der Waals surface area contributed by atoms with E-state index in [4.69, 9.17) is 0 Å². The van der Waals surface area contributed by atoms with Gasteiger partial charge in [0.1, 0.15) is 0 Å². The number of hydrogen-bond donors (Lipinski definition) is 0. The van der Waals surface area contributed by atoms with Gasteiger partial charge in [0.05, 0.1) is 26.3 Å². The Morgan fingerprint density at radius 3 is 1.95 bits per heavy atom. The summed E-state index contributed by atoms with van der Waals surface area (Å²) in [6, 6.07) is 37.8. The highest BCUT2D eigenvalue weighted by molar-refractivity contribution is 7.92. The van der Waals surface area contributed by atoms with Crippen molar-refractivity contribution in [3.05, 3.63) is 126 Å². The molecular formula is C34H25NO2S. The van der Waals surface area contributed by atoms with E-state index >= 15 is 0 Å². The Labute approximate surface area is 221 Å². The van der Waals surface area contributed by atoms with Gasteiger partial charge in [-0.15, -0.1) is 0 Å². The Hall–Kier alpha value is -4.41. The van der Waals surface area contributed by atoms with E-state index in [2.05, 4.69) is 53.8 Å². The van der Waals surface area contributed by atoms with Crippen LogP contribution >= 0.6 is 0 Å². The lowest BCUT2D eigenvalue weighted by molar-refractivity contribution is 0.597. The fraction of sp³-hybridized carbons (Fsp3) is 0.0588. The second-order valence-electron chi connectivity index (χ2n) is 9.93. The van der Waals surface area contributed by atoms with Gasteiger partial charge in [0, 0.05) is 16.3 Å². The van der Waals surface area contributed by atoms with Crippen LogP contribution in [0.5, 0.6) is 0 Å². The number of aromatic nitrogens is 1. The fourth-order valence-corrected chi connectivity index (χ4v) is 7.46. The molecule has 5 aromatic carbocycles. The molecule has 0 N–H and O–H groups in total. The molecule has 0 saturated heterocycles. The maximum Gasteiger partial charge on any atom is 0.207 e. The van der Waals surface area contributed by atoms with Gasteiger partial charge in [-0.05, 0) is 66.1 Å². The predicted molar refractivity (Wildman–Crippen MR) is 157 cm³/mol. The lowest BCUT2D eigenvalue weighted by Gasteiger charge is -2.19. The van der Waals surface area contributed by atoms with E-state index in [1.165, 1.54) is 0 Å². The van der Waals surface area contributed by atoms with E-state index in [0.717, 1.165) is 55.0 Å². The third-order valence-electron chi connectivity index (χ3n) is 7.62. The molecule has 0 unspecified atom stereocenters. The van der Waals surface area contributed by atoms with Gasteiger partial charge in [0.2, 0.25) is 9.84 Å². The SMILES string of the molecule is Cc1ccc(S(=O)(=O)c2c(-c3ccc4ccccc4c3)c3c(C)c4ccccc4n3c3ccccc23)cc1. The summed E-state index contributed by atoms with van der Waals surface area (Å²) in [4.78, 5) is 0.652. The zero-order chi connectivity index (χ0) is 26.0. The van der Waals surface area contributed by atoms with Gasteiger partial charge in [0.25, 0.3) is 0 Å². The van der Waals surface area contributed by atoms with E-state index in [0.29, 0.717) is 15.2 Å². The van der Waals surface area contributed by atoms with Crippen LogP contribution in [0.3, 0.4) is 0 Å². The van der Waals surface area contributed by atoms with Crippen LogP contribution in [-0.4, -0.2) is 12.8 Å². The number of benzene rings is 5. The molecule has 2 heterocycles. The lowest BCUT2D eigenvalue weighted by Crippen LogP contribution is -2.08. The molecule has 3 nitrogen and oxygen atoms in total. The van der Waals surface area contributed by atoms with Crippen molar-refractivity contribution in [1.82, 2.24) is 4.40 Å². The molecule has 0 aliphatic heterocycles. The van der Waals surface area contributed by atoms with Crippen molar-refractivity contribution in [2.45, 2.75) is 23.6 Å². The average molecular weight is 512 g/mol. The second kappa shape index (κ2) is 8.30. The Kier molecular flexibility index (Phi) is 4.97. The van der Waals surface area contributed by atoms with Crippen molar-refractivity contribution >= 4 is 47.9 Å². The zero-order valence-electron chi connectivity index (χ0n) is 21.1. The highest BCUT2D eigenvalue weighted by Crippen LogP contribution is 2.44. The van der Waals surface area contributed by atoms with E-state index < -0.39 is 9.84 Å². The number of pyridine rings is 1. The van der Waals surface area contributed by atoms with Gasteiger partial charge < -0.3 is 4.40 Å². The highest BCUT2D eigenvalue weighted by atomic mass is 32.2. The second-order valence-corrected chi connectivity index (χ2v) is 11.8. The number of rotatable bonds is 3. The smallest absolute Gasteiger partial charge is 0.207 e. The first-order valence-corrected chi connectivity index (χ1v) is 14.2. The number of hydrogen-bond acceptors (Lipinski definition) is 2. The minimum Gasteiger partial charge on any atom is -0.308 e. The molecule has 0 atom stereocenters. The van der Waals surface area contributed by atoms with Gasteiger partial charge in [-0.3, -0.25) is 0 Å². The molecule has 7 aromatic rings. The molecule has 0 amide bonds. The molecule has 0 radical (unpaired) electrons. The van der Waals surface area contributed by atoms with Crippen molar-refractivity contribution in [1.29, 1.82) is 0 Å². The van der Waals surface area contributed by atoms with Crippen LogP contribution in [0.15, 0.2) is 125 Å². The summed E-state index contributed by atoms with van der Waals surface area (Å²) in [6.45, 7) is 4.06. The van der Waals surface area contributed by atoms with E-state index in [1.807, 2.05) is 67.6 Å². The number of para-hydroxylation sites is 2. The van der Waals surface area contributed by atoms with Crippen LogP contribution in [0, 0.1) is 13.8 Å². The van der Waals surface area contributed by atoms with Crippen LogP contribution in [0.4, 0.5) is 0 Å². The van der Waals surface area contributed by atoms with Gasteiger partial charge in [-0.2, -0.15) is 0 Å². The maximum absolute atomic E-state index is 14.6. The number of fused-ring (bicyclic) bond motifs is 6. The summed E-state index contributed by atoms with van der Waals surface area (Å²) in [5.74, 6) is 0. The normalized spacial score (nSPS) is 12.2. The van der Waals surface area contributed by atoms with Crippen LogP contribution in [0.1, 0.15) is 11.1 Å². The molecule has 184 valence electrons. The fourth-order valence-electron chi connectivity index (χ4n) is 5.78. The minimum atomic E-state index is -3.87. The first-order chi connectivity index (χ1) is 18.4. The summed E-state index contributed by atoms with van der Waals surface area (Å²) in [6.07, 6.45) is 0. The molecule has 4 heteroatoms. The first-order valence-electron chi connectivity index (χ1n) is 12.7. The summed E-state index contributed by atoms with van der Waals surface area (Å²) in [5, 5.41) is 4.02. The summed E-state index contributed by atoms with van der Waals surface area (Å²) < 4.78 is 31.4. The van der Waals surface area contributed by atoms with Crippen molar-refractivity contribution in [2.24, 2.45) is 0 Å². The van der Waals surface area contributed by atoms with Gasteiger partial charge in [-0.1, -0.05) is 90.5 Å². The molecule has 0 spiro atoms. The van der Waals surface area contributed by atoms with Crippen LogP contribution in [0.2, 0.25) is 0 Å². The lowest BCUT2D eigenvalue weighted by atomic mass is 9.98. The minimum absolute atomic E-state index is 0.299. The van der Waals surface area contributed by atoms with E-state index in [9.17, 15) is 8.42 Å². The van der Waals surface area contributed by atoms with Crippen LogP contribution < -0.4 is 0 Å². The molecule has 0 aliphatic carbocycles. The Bertz CT molecular complexity index is 2150. The Morgan fingerprint density at radius 2 is 1.21 bits per heavy atom. The number of nitrogens with zero attached hydrogens (tertiary/aromatic N) is 1. The van der Waals surface area contributed by atoms with Gasteiger partial charge in [-0.25, -0.2) is 8.42 Å². The van der Waals surface area contributed by atoms with Crippen molar-refractivity contribution in [3.8, 4) is 11.1 Å². The Balaban J connectivity index is 1.75. The van der Waals surface area contributed by atoms with Crippen LogP contribution in [-0.2, 0) is 9.84 Å². The molecule has 0 aliphatic rings. The largest absolute Gasteiger partial charge is 0.308 e.